The Morgan fingerprint density at radius 1 is 1.21 bits per heavy atom. The van der Waals surface area contributed by atoms with E-state index in [9.17, 15) is 0 Å². The van der Waals surface area contributed by atoms with Crippen molar-refractivity contribution in [1.82, 2.24) is 4.90 Å². The first-order valence-corrected chi connectivity index (χ1v) is 5.53. The predicted octanol–water partition coefficient (Wildman–Crippen LogP) is 3.52. The second kappa shape index (κ2) is 3.93. The van der Waals surface area contributed by atoms with Crippen molar-refractivity contribution < 1.29 is 0 Å². The first-order valence-electron chi connectivity index (χ1n) is 4.65. The van der Waals surface area contributed by atoms with Crippen LogP contribution in [-0.4, -0.2) is 11.9 Å². The summed E-state index contributed by atoms with van der Waals surface area (Å²) in [5.74, 6) is 0. The number of hydrogen-bond donors (Lipinski definition) is 0. The van der Waals surface area contributed by atoms with Crippen molar-refractivity contribution in [2.75, 3.05) is 7.05 Å². The third-order valence-electron chi connectivity index (χ3n) is 2.30. The quantitative estimate of drug-likeness (QED) is 0.687. The molecular formula is C12H13NS. The van der Waals surface area contributed by atoms with Crippen LogP contribution in [0.25, 0.3) is 5.70 Å². The van der Waals surface area contributed by atoms with Gasteiger partial charge in [0, 0.05) is 12.5 Å². The van der Waals surface area contributed by atoms with Crippen LogP contribution < -0.4 is 0 Å². The van der Waals surface area contributed by atoms with Gasteiger partial charge in [-0.15, -0.1) is 0 Å². The van der Waals surface area contributed by atoms with Crippen molar-refractivity contribution in [2.24, 2.45) is 0 Å². The molecule has 0 N–H and O–H groups in total. The molecule has 0 aliphatic carbocycles. The van der Waals surface area contributed by atoms with Gasteiger partial charge < -0.3 is 4.90 Å². The summed E-state index contributed by atoms with van der Waals surface area (Å²) in [6.45, 7) is 2.07. The zero-order valence-electron chi connectivity index (χ0n) is 8.40. The fourth-order valence-electron chi connectivity index (χ4n) is 1.53. The monoisotopic (exact) mass is 203 g/mol. The van der Waals surface area contributed by atoms with Crippen molar-refractivity contribution >= 4 is 17.5 Å². The van der Waals surface area contributed by atoms with Gasteiger partial charge in [-0.05, 0) is 12.5 Å². The average Bonchev–Trinajstić information content (AvgIpc) is 2.61. The molecule has 2 rings (SSSR count). The molecule has 1 heterocycles. The van der Waals surface area contributed by atoms with Gasteiger partial charge >= 0.3 is 0 Å². The van der Waals surface area contributed by atoms with E-state index in [0.717, 1.165) is 0 Å². The molecular weight excluding hydrogens is 190 g/mol. The minimum Gasteiger partial charge on any atom is -0.338 e. The SMILES string of the molecule is C/C=C1\SC=C(c2ccccc2)N1C. The maximum absolute atomic E-state index is 2.22. The summed E-state index contributed by atoms with van der Waals surface area (Å²) in [7, 11) is 2.11. The van der Waals surface area contributed by atoms with E-state index in [1.807, 2.05) is 6.07 Å². The standard InChI is InChI=1S/C12H13NS/c1-3-12-13(2)11(9-14-12)10-7-5-4-6-8-10/h3-9H,1-2H3/b12-3-. The second-order valence-electron chi connectivity index (χ2n) is 3.17. The van der Waals surface area contributed by atoms with Gasteiger partial charge in [0.15, 0.2) is 0 Å². The van der Waals surface area contributed by atoms with Gasteiger partial charge in [0.2, 0.25) is 0 Å². The largest absolute Gasteiger partial charge is 0.338 e. The third kappa shape index (κ3) is 1.58. The second-order valence-corrected chi connectivity index (χ2v) is 4.06. The zero-order valence-corrected chi connectivity index (χ0v) is 9.21. The topological polar surface area (TPSA) is 3.24 Å². The maximum atomic E-state index is 2.22. The highest BCUT2D eigenvalue weighted by Gasteiger charge is 2.17. The molecule has 0 radical (unpaired) electrons. The lowest BCUT2D eigenvalue weighted by Gasteiger charge is -2.17. The molecule has 0 atom stereocenters. The molecule has 1 aliphatic heterocycles. The molecule has 0 spiro atoms. The first kappa shape index (κ1) is 9.41. The van der Waals surface area contributed by atoms with Crippen LogP contribution in [0.4, 0.5) is 0 Å². The van der Waals surface area contributed by atoms with Crippen molar-refractivity contribution in [1.29, 1.82) is 0 Å². The van der Waals surface area contributed by atoms with Gasteiger partial charge in [-0.1, -0.05) is 48.2 Å². The molecule has 0 saturated heterocycles. The normalized spacial score (nSPS) is 18.9. The van der Waals surface area contributed by atoms with Gasteiger partial charge in [0.25, 0.3) is 0 Å². The molecule has 14 heavy (non-hydrogen) atoms. The molecule has 1 aromatic rings. The molecule has 0 bridgehead atoms. The van der Waals surface area contributed by atoms with E-state index in [4.69, 9.17) is 0 Å². The van der Waals surface area contributed by atoms with Crippen LogP contribution in [0, 0.1) is 0 Å². The van der Waals surface area contributed by atoms with E-state index in [-0.39, 0.29) is 0 Å². The van der Waals surface area contributed by atoms with E-state index in [1.54, 1.807) is 11.8 Å². The molecule has 1 aliphatic rings. The maximum Gasteiger partial charge on any atom is 0.0749 e. The van der Waals surface area contributed by atoms with E-state index >= 15 is 0 Å². The lowest BCUT2D eigenvalue weighted by molar-refractivity contribution is 0.646. The Morgan fingerprint density at radius 2 is 1.93 bits per heavy atom. The summed E-state index contributed by atoms with van der Waals surface area (Å²) in [6, 6.07) is 10.5. The molecule has 0 saturated carbocycles. The number of hydrogen-bond acceptors (Lipinski definition) is 2. The van der Waals surface area contributed by atoms with Gasteiger partial charge in [-0.2, -0.15) is 0 Å². The molecule has 0 aromatic heterocycles. The Morgan fingerprint density at radius 3 is 2.50 bits per heavy atom. The summed E-state index contributed by atoms with van der Waals surface area (Å²) in [5, 5.41) is 3.49. The molecule has 0 amide bonds. The Kier molecular flexibility index (Phi) is 2.64. The predicted molar refractivity (Wildman–Crippen MR) is 63.5 cm³/mol. The smallest absolute Gasteiger partial charge is 0.0749 e. The van der Waals surface area contributed by atoms with Crippen LogP contribution in [0.3, 0.4) is 0 Å². The Labute approximate surface area is 89.1 Å². The van der Waals surface area contributed by atoms with Crippen LogP contribution in [-0.2, 0) is 0 Å². The van der Waals surface area contributed by atoms with E-state index < -0.39 is 0 Å². The highest BCUT2D eigenvalue weighted by atomic mass is 32.2. The van der Waals surface area contributed by atoms with Crippen LogP contribution in [0.15, 0.2) is 46.8 Å². The van der Waals surface area contributed by atoms with Crippen molar-refractivity contribution in [3.05, 3.63) is 52.4 Å². The summed E-state index contributed by atoms with van der Waals surface area (Å²) in [4.78, 5) is 2.22. The highest BCUT2D eigenvalue weighted by Crippen LogP contribution is 2.37. The van der Waals surface area contributed by atoms with Crippen LogP contribution in [0.2, 0.25) is 0 Å². The summed E-state index contributed by atoms with van der Waals surface area (Å²) in [5.41, 5.74) is 2.56. The summed E-state index contributed by atoms with van der Waals surface area (Å²) in [6.07, 6.45) is 2.14. The van der Waals surface area contributed by atoms with E-state index in [0.29, 0.717) is 0 Å². The highest BCUT2D eigenvalue weighted by molar-refractivity contribution is 8.06. The lowest BCUT2D eigenvalue weighted by Crippen LogP contribution is -2.09. The van der Waals surface area contributed by atoms with Crippen LogP contribution >= 0.6 is 11.8 Å². The molecule has 1 nitrogen and oxygen atoms in total. The Balaban J connectivity index is 2.31. The van der Waals surface area contributed by atoms with Gasteiger partial charge in [-0.3, -0.25) is 0 Å². The van der Waals surface area contributed by atoms with Crippen LogP contribution in [0.1, 0.15) is 12.5 Å². The zero-order chi connectivity index (χ0) is 9.97. The van der Waals surface area contributed by atoms with E-state index in [2.05, 4.69) is 54.6 Å². The van der Waals surface area contributed by atoms with Gasteiger partial charge in [-0.25, -0.2) is 0 Å². The fraction of sp³-hybridized carbons (Fsp3) is 0.167. The van der Waals surface area contributed by atoms with Gasteiger partial charge in [0.1, 0.15) is 0 Å². The number of thioether (sulfide) groups is 1. The van der Waals surface area contributed by atoms with Crippen LogP contribution in [0.5, 0.6) is 0 Å². The average molecular weight is 203 g/mol. The summed E-state index contributed by atoms with van der Waals surface area (Å²) < 4.78 is 0. The molecule has 0 fully saturated rings. The number of allylic oxidation sites excluding steroid dienone is 1. The minimum atomic E-state index is 1.28. The lowest BCUT2D eigenvalue weighted by atomic mass is 10.1. The molecule has 0 unspecified atom stereocenters. The molecule has 2 heteroatoms. The minimum absolute atomic E-state index is 1.28. The Hall–Kier alpha value is -1.15. The van der Waals surface area contributed by atoms with Crippen molar-refractivity contribution in [3.8, 4) is 0 Å². The number of benzene rings is 1. The fourth-order valence-corrected chi connectivity index (χ4v) is 2.44. The molecule has 72 valence electrons. The molecule has 1 aromatic carbocycles. The van der Waals surface area contributed by atoms with Gasteiger partial charge in [0.05, 0.1) is 10.7 Å². The number of rotatable bonds is 1. The van der Waals surface area contributed by atoms with Crippen molar-refractivity contribution in [3.63, 3.8) is 0 Å². The first-order chi connectivity index (χ1) is 6.83. The number of nitrogens with zero attached hydrogens (tertiary/aromatic N) is 1. The Bertz CT molecular complexity index is 379. The van der Waals surface area contributed by atoms with E-state index in [1.165, 1.54) is 16.3 Å². The van der Waals surface area contributed by atoms with Crippen molar-refractivity contribution in [2.45, 2.75) is 6.92 Å². The third-order valence-corrected chi connectivity index (χ3v) is 3.39. The summed E-state index contributed by atoms with van der Waals surface area (Å²) >= 11 is 1.78.